The van der Waals surface area contributed by atoms with Crippen LogP contribution in [-0.2, 0) is 11.8 Å². The van der Waals surface area contributed by atoms with Crippen molar-refractivity contribution in [1.29, 1.82) is 0 Å². The number of ether oxygens (including phenoxy) is 1. The zero-order valence-corrected chi connectivity index (χ0v) is 11.6. The first-order valence-electron chi connectivity index (χ1n) is 6.81. The van der Waals surface area contributed by atoms with Crippen LogP contribution in [0.15, 0.2) is 18.3 Å². The molecule has 2 heterocycles. The number of hydrogen-bond acceptors (Lipinski definition) is 2. The maximum atomic E-state index is 6.12. The van der Waals surface area contributed by atoms with E-state index in [0.717, 1.165) is 31.6 Å². The SMILES string of the molecule is Cn1ccc(C2=CCC3(CC2)CC(C)(C)CO3)n1. The second kappa shape index (κ2) is 3.95. The molecule has 1 unspecified atom stereocenters. The van der Waals surface area contributed by atoms with Gasteiger partial charge in [-0.2, -0.15) is 5.10 Å². The predicted molar refractivity (Wildman–Crippen MR) is 72.1 cm³/mol. The monoisotopic (exact) mass is 246 g/mol. The number of aryl methyl sites for hydroxylation is 1. The molecule has 1 aromatic rings. The van der Waals surface area contributed by atoms with Gasteiger partial charge >= 0.3 is 0 Å². The highest BCUT2D eigenvalue weighted by molar-refractivity contribution is 5.63. The summed E-state index contributed by atoms with van der Waals surface area (Å²) >= 11 is 0. The number of rotatable bonds is 1. The largest absolute Gasteiger partial charge is 0.374 e. The maximum absolute atomic E-state index is 6.12. The Labute approximate surface area is 109 Å². The summed E-state index contributed by atoms with van der Waals surface area (Å²) < 4.78 is 7.99. The van der Waals surface area contributed by atoms with Gasteiger partial charge in [0.2, 0.25) is 0 Å². The van der Waals surface area contributed by atoms with E-state index in [1.165, 1.54) is 12.0 Å². The lowest BCUT2D eigenvalue weighted by atomic mass is 9.76. The lowest BCUT2D eigenvalue weighted by molar-refractivity contribution is -0.00367. The molecule has 98 valence electrons. The first kappa shape index (κ1) is 12.0. The smallest absolute Gasteiger partial charge is 0.0879 e. The first-order chi connectivity index (χ1) is 8.48. The topological polar surface area (TPSA) is 27.1 Å². The molecule has 18 heavy (non-hydrogen) atoms. The van der Waals surface area contributed by atoms with Gasteiger partial charge in [0.15, 0.2) is 0 Å². The third-order valence-corrected chi connectivity index (χ3v) is 4.18. The van der Waals surface area contributed by atoms with Gasteiger partial charge < -0.3 is 4.74 Å². The van der Waals surface area contributed by atoms with E-state index in [1.807, 2.05) is 17.9 Å². The summed E-state index contributed by atoms with van der Waals surface area (Å²) in [7, 11) is 1.97. The molecule has 1 saturated heterocycles. The molecule has 2 aliphatic rings. The van der Waals surface area contributed by atoms with E-state index in [4.69, 9.17) is 4.74 Å². The molecule has 3 heteroatoms. The van der Waals surface area contributed by atoms with Gasteiger partial charge in [0.25, 0.3) is 0 Å². The van der Waals surface area contributed by atoms with E-state index in [9.17, 15) is 0 Å². The molecule has 0 bridgehead atoms. The zero-order chi connectivity index (χ0) is 12.8. The van der Waals surface area contributed by atoms with E-state index < -0.39 is 0 Å². The molecular formula is C15H22N2O. The summed E-state index contributed by atoms with van der Waals surface area (Å²) in [5, 5.41) is 4.49. The van der Waals surface area contributed by atoms with E-state index in [0.29, 0.717) is 5.41 Å². The van der Waals surface area contributed by atoms with Crippen LogP contribution in [0.3, 0.4) is 0 Å². The molecule has 1 atom stereocenters. The highest BCUT2D eigenvalue weighted by atomic mass is 16.5. The highest BCUT2D eigenvalue weighted by Crippen LogP contribution is 2.47. The maximum Gasteiger partial charge on any atom is 0.0879 e. The molecule has 0 amide bonds. The Morgan fingerprint density at radius 2 is 2.22 bits per heavy atom. The Morgan fingerprint density at radius 3 is 2.72 bits per heavy atom. The molecule has 0 aromatic carbocycles. The highest BCUT2D eigenvalue weighted by Gasteiger charge is 2.44. The van der Waals surface area contributed by atoms with Gasteiger partial charge in [0, 0.05) is 13.2 Å². The second-order valence-electron chi connectivity index (χ2n) is 6.62. The Bertz CT molecular complexity index is 486. The van der Waals surface area contributed by atoms with E-state index in [-0.39, 0.29) is 5.60 Å². The van der Waals surface area contributed by atoms with Gasteiger partial charge in [-0.1, -0.05) is 19.9 Å². The van der Waals surface area contributed by atoms with Gasteiger partial charge in [-0.3, -0.25) is 4.68 Å². The zero-order valence-electron chi connectivity index (χ0n) is 11.6. The van der Waals surface area contributed by atoms with E-state index in [1.54, 1.807) is 0 Å². The van der Waals surface area contributed by atoms with Crippen molar-refractivity contribution in [3.63, 3.8) is 0 Å². The minimum absolute atomic E-state index is 0.113. The fourth-order valence-corrected chi connectivity index (χ4v) is 3.31. The molecule has 1 aromatic heterocycles. The second-order valence-corrected chi connectivity index (χ2v) is 6.62. The summed E-state index contributed by atoms with van der Waals surface area (Å²) in [5.41, 5.74) is 2.97. The molecule has 3 rings (SSSR count). The Morgan fingerprint density at radius 1 is 1.39 bits per heavy atom. The molecule has 1 aliphatic heterocycles. The van der Waals surface area contributed by atoms with Crippen molar-refractivity contribution < 1.29 is 4.74 Å². The number of aromatic nitrogens is 2. The van der Waals surface area contributed by atoms with Crippen LogP contribution in [-0.4, -0.2) is 22.0 Å². The van der Waals surface area contributed by atoms with Crippen LogP contribution in [0, 0.1) is 5.41 Å². The molecule has 0 N–H and O–H groups in total. The van der Waals surface area contributed by atoms with Crippen LogP contribution < -0.4 is 0 Å². The van der Waals surface area contributed by atoms with Crippen molar-refractivity contribution >= 4 is 5.57 Å². The van der Waals surface area contributed by atoms with Crippen LogP contribution in [0.2, 0.25) is 0 Å². The van der Waals surface area contributed by atoms with Crippen molar-refractivity contribution in [2.75, 3.05) is 6.61 Å². The molecule has 0 radical (unpaired) electrons. The molecule has 3 nitrogen and oxygen atoms in total. The van der Waals surface area contributed by atoms with Gasteiger partial charge in [0.1, 0.15) is 0 Å². The van der Waals surface area contributed by atoms with Gasteiger partial charge in [-0.25, -0.2) is 0 Å². The Hall–Kier alpha value is -1.09. The van der Waals surface area contributed by atoms with Crippen molar-refractivity contribution in [3.05, 3.63) is 24.0 Å². The molecule has 1 aliphatic carbocycles. The van der Waals surface area contributed by atoms with E-state index in [2.05, 4.69) is 31.1 Å². The number of nitrogens with zero attached hydrogens (tertiary/aromatic N) is 2. The summed E-state index contributed by atoms with van der Waals surface area (Å²) in [5.74, 6) is 0. The summed E-state index contributed by atoms with van der Waals surface area (Å²) in [4.78, 5) is 0. The summed E-state index contributed by atoms with van der Waals surface area (Å²) in [6.07, 6.45) is 8.81. The molecule has 1 spiro atoms. The third-order valence-electron chi connectivity index (χ3n) is 4.18. The van der Waals surface area contributed by atoms with Crippen LogP contribution in [0.4, 0.5) is 0 Å². The fraction of sp³-hybridized carbons (Fsp3) is 0.667. The van der Waals surface area contributed by atoms with E-state index >= 15 is 0 Å². The molecular weight excluding hydrogens is 224 g/mol. The van der Waals surface area contributed by atoms with Crippen LogP contribution >= 0.6 is 0 Å². The third kappa shape index (κ3) is 2.12. The lowest BCUT2D eigenvalue weighted by Crippen LogP contribution is -2.30. The summed E-state index contributed by atoms with van der Waals surface area (Å²) in [6.45, 7) is 5.51. The van der Waals surface area contributed by atoms with Crippen LogP contribution in [0.1, 0.15) is 45.2 Å². The van der Waals surface area contributed by atoms with Crippen molar-refractivity contribution in [3.8, 4) is 0 Å². The Kier molecular flexibility index (Phi) is 2.63. The average molecular weight is 246 g/mol. The average Bonchev–Trinajstić information content (AvgIpc) is 2.85. The number of allylic oxidation sites excluding steroid dienone is 1. The minimum Gasteiger partial charge on any atom is -0.374 e. The number of hydrogen-bond donors (Lipinski definition) is 0. The summed E-state index contributed by atoms with van der Waals surface area (Å²) in [6, 6.07) is 2.10. The van der Waals surface area contributed by atoms with Gasteiger partial charge in [-0.15, -0.1) is 0 Å². The lowest BCUT2D eigenvalue weighted by Gasteiger charge is -2.32. The quantitative estimate of drug-likeness (QED) is 0.761. The Balaban J connectivity index is 1.76. The van der Waals surface area contributed by atoms with Crippen molar-refractivity contribution in [2.45, 2.75) is 45.1 Å². The predicted octanol–water partition coefficient (Wildman–Crippen LogP) is 3.17. The van der Waals surface area contributed by atoms with Crippen LogP contribution in [0.5, 0.6) is 0 Å². The van der Waals surface area contributed by atoms with Gasteiger partial charge in [-0.05, 0) is 42.7 Å². The van der Waals surface area contributed by atoms with Crippen LogP contribution in [0.25, 0.3) is 5.57 Å². The van der Waals surface area contributed by atoms with Gasteiger partial charge in [0.05, 0.1) is 17.9 Å². The van der Waals surface area contributed by atoms with Crippen molar-refractivity contribution in [2.24, 2.45) is 12.5 Å². The molecule has 0 saturated carbocycles. The minimum atomic E-state index is 0.113. The fourth-order valence-electron chi connectivity index (χ4n) is 3.31. The standard InChI is InChI=1S/C15H22N2O/c1-14(2)10-15(18-11-14)7-4-12(5-8-15)13-6-9-17(3)16-13/h4,6,9H,5,7-8,10-11H2,1-3H3. The molecule has 1 fully saturated rings. The first-order valence-corrected chi connectivity index (χ1v) is 6.81. The van der Waals surface area contributed by atoms with Crippen molar-refractivity contribution in [1.82, 2.24) is 9.78 Å². The normalized spacial score (nSPS) is 30.7.